The van der Waals surface area contributed by atoms with Crippen molar-refractivity contribution in [2.75, 3.05) is 29.2 Å². The fourth-order valence-corrected chi connectivity index (χ4v) is 2.75. The molecule has 0 aromatic heterocycles. The molecule has 25 heavy (non-hydrogen) atoms. The number of carbonyl (C=O) groups is 1. The van der Waals surface area contributed by atoms with Crippen molar-refractivity contribution in [2.24, 2.45) is 0 Å². The maximum absolute atomic E-state index is 13.7. The molecule has 0 unspecified atom stereocenters. The molecule has 1 fully saturated rings. The number of ether oxygens (including phenoxy) is 1. The van der Waals surface area contributed by atoms with E-state index in [1.807, 2.05) is 31.2 Å². The van der Waals surface area contributed by atoms with Crippen LogP contribution in [0.2, 0.25) is 0 Å². The number of rotatable bonds is 4. The van der Waals surface area contributed by atoms with Crippen LogP contribution in [0.5, 0.6) is 0 Å². The molecule has 1 saturated heterocycles. The second kappa shape index (κ2) is 7.98. The van der Waals surface area contributed by atoms with Crippen molar-refractivity contribution in [3.8, 4) is 0 Å². The standard InChI is InChI=1S/C19H22FN3O2/c1-13-2-7-17(20)18(12-13)23-19(24)22-15-5-3-14(4-6-15)21-16-8-10-25-11-9-16/h2-7,12,16,21H,8-11H2,1H3,(H2,22,23,24). The van der Waals surface area contributed by atoms with Crippen molar-refractivity contribution >= 4 is 23.1 Å². The number of aryl methyl sites for hydroxylation is 1. The Morgan fingerprint density at radius 3 is 2.44 bits per heavy atom. The molecule has 1 aliphatic heterocycles. The minimum absolute atomic E-state index is 0.162. The third-order valence-electron chi connectivity index (χ3n) is 4.10. The molecular weight excluding hydrogens is 321 g/mol. The van der Waals surface area contributed by atoms with E-state index in [1.54, 1.807) is 12.1 Å². The lowest BCUT2D eigenvalue weighted by atomic mass is 10.1. The monoisotopic (exact) mass is 343 g/mol. The van der Waals surface area contributed by atoms with Gasteiger partial charge in [0, 0.05) is 30.6 Å². The van der Waals surface area contributed by atoms with Crippen LogP contribution in [0.15, 0.2) is 42.5 Å². The van der Waals surface area contributed by atoms with Crippen LogP contribution in [-0.2, 0) is 4.74 Å². The van der Waals surface area contributed by atoms with Gasteiger partial charge in [-0.2, -0.15) is 0 Å². The summed E-state index contributed by atoms with van der Waals surface area (Å²) < 4.78 is 19.0. The Balaban J connectivity index is 1.55. The van der Waals surface area contributed by atoms with Crippen molar-refractivity contribution in [2.45, 2.75) is 25.8 Å². The van der Waals surface area contributed by atoms with Crippen molar-refractivity contribution in [3.05, 3.63) is 53.8 Å². The predicted octanol–water partition coefficient (Wildman–Crippen LogP) is 4.37. The number of anilines is 3. The predicted molar refractivity (Wildman–Crippen MR) is 97.7 cm³/mol. The first-order valence-electron chi connectivity index (χ1n) is 8.39. The van der Waals surface area contributed by atoms with Crippen molar-refractivity contribution in [1.29, 1.82) is 0 Å². The summed E-state index contributed by atoms with van der Waals surface area (Å²) in [6.07, 6.45) is 1.98. The van der Waals surface area contributed by atoms with E-state index < -0.39 is 11.8 Å². The molecule has 132 valence electrons. The summed E-state index contributed by atoms with van der Waals surface area (Å²) in [6, 6.07) is 12.0. The van der Waals surface area contributed by atoms with Gasteiger partial charge in [-0.05, 0) is 61.7 Å². The van der Waals surface area contributed by atoms with E-state index in [9.17, 15) is 9.18 Å². The highest BCUT2D eigenvalue weighted by atomic mass is 19.1. The summed E-state index contributed by atoms with van der Waals surface area (Å²) in [5.74, 6) is -0.461. The summed E-state index contributed by atoms with van der Waals surface area (Å²) in [7, 11) is 0. The van der Waals surface area contributed by atoms with E-state index in [4.69, 9.17) is 4.74 Å². The molecule has 0 atom stereocenters. The minimum atomic E-state index is -0.477. The molecule has 5 nitrogen and oxygen atoms in total. The molecule has 2 amide bonds. The van der Waals surface area contributed by atoms with Crippen LogP contribution in [-0.4, -0.2) is 25.3 Å². The fraction of sp³-hybridized carbons (Fsp3) is 0.316. The smallest absolute Gasteiger partial charge is 0.323 e. The molecule has 3 N–H and O–H groups in total. The van der Waals surface area contributed by atoms with Crippen LogP contribution in [0, 0.1) is 12.7 Å². The highest BCUT2D eigenvalue weighted by Crippen LogP contribution is 2.19. The molecule has 0 radical (unpaired) electrons. The number of halogens is 1. The van der Waals surface area contributed by atoms with Crippen LogP contribution in [0.25, 0.3) is 0 Å². The maximum Gasteiger partial charge on any atom is 0.323 e. The van der Waals surface area contributed by atoms with Gasteiger partial charge < -0.3 is 20.7 Å². The molecule has 0 bridgehead atoms. The van der Waals surface area contributed by atoms with Gasteiger partial charge in [0.05, 0.1) is 5.69 Å². The quantitative estimate of drug-likeness (QED) is 0.772. The number of amides is 2. The number of hydrogen-bond acceptors (Lipinski definition) is 3. The summed E-state index contributed by atoms with van der Waals surface area (Å²) in [4.78, 5) is 12.0. The van der Waals surface area contributed by atoms with Gasteiger partial charge in [-0.25, -0.2) is 9.18 Å². The number of urea groups is 1. The Morgan fingerprint density at radius 2 is 1.72 bits per heavy atom. The number of carbonyl (C=O) groups excluding carboxylic acids is 1. The first-order valence-corrected chi connectivity index (χ1v) is 8.39. The summed E-state index contributed by atoms with van der Waals surface area (Å²) in [5.41, 5.74) is 2.68. The van der Waals surface area contributed by atoms with Gasteiger partial charge in [-0.15, -0.1) is 0 Å². The summed E-state index contributed by atoms with van der Waals surface area (Å²) in [6.45, 7) is 3.41. The van der Waals surface area contributed by atoms with Crippen LogP contribution in [0.3, 0.4) is 0 Å². The van der Waals surface area contributed by atoms with Gasteiger partial charge in [0.15, 0.2) is 0 Å². The highest BCUT2D eigenvalue weighted by molar-refractivity contribution is 5.99. The normalized spacial score (nSPS) is 14.8. The lowest BCUT2D eigenvalue weighted by Gasteiger charge is -2.24. The van der Waals surface area contributed by atoms with Crippen molar-refractivity contribution < 1.29 is 13.9 Å². The second-order valence-electron chi connectivity index (χ2n) is 6.17. The molecule has 1 heterocycles. The van der Waals surface area contributed by atoms with Crippen LogP contribution < -0.4 is 16.0 Å². The van der Waals surface area contributed by atoms with E-state index in [-0.39, 0.29) is 5.69 Å². The Labute approximate surface area is 146 Å². The van der Waals surface area contributed by atoms with E-state index in [0.29, 0.717) is 11.7 Å². The van der Waals surface area contributed by atoms with Crippen LogP contribution >= 0.6 is 0 Å². The Morgan fingerprint density at radius 1 is 1.04 bits per heavy atom. The largest absolute Gasteiger partial charge is 0.382 e. The van der Waals surface area contributed by atoms with Gasteiger partial charge in [-0.3, -0.25) is 0 Å². The van der Waals surface area contributed by atoms with Crippen LogP contribution in [0.1, 0.15) is 18.4 Å². The van der Waals surface area contributed by atoms with Crippen molar-refractivity contribution in [3.63, 3.8) is 0 Å². The molecule has 1 aliphatic rings. The molecule has 0 spiro atoms. The topological polar surface area (TPSA) is 62.4 Å². The number of hydrogen-bond donors (Lipinski definition) is 3. The van der Waals surface area contributed by atoms with E-state index in [0.717, 1.165) is 37.3 Å². The number of benzene rings is 2. The first-order chi connectivity index (χ1) is 12.1. The molecule has 2 aromatic carbocycles. The van der Waals surface area contributed by atoms with Gasteiger partial charge in [0.2, 0.25) is 0 Å². The van der Waals surface area contributed by atoms with Crippen molar-refractivity contribution in [1.82, 2.24) is 0 Å². The highest BCUT2D eigenvalue weighted by Gasteiger charge is 2.13. The molecule has 3 rings (SSSR count). The third kappa shape index (κ3) is 4.93. The van der Waals surface area contributed by atoms with Gasteiger partial charge in [-0.1, -0.05) is 6.07 Å². The zero-order valence-corrected chi connectivity index (χ0v) is 14.1. The van der Waals surface area contributed by atoms with Gasteiger partial charge >= 0.3 is 6.03 Å². The Bertz CT molecular complexity index is 728. The molecule has 6 heteroatoms. The van der Waals surface area contributed by atoms with E-state index in [2.05, 4.69) is 16.0 Å². The van der Waals surface area contributed by atoms with Crippen LogP contribution in [0.4, 0.5) is 26.2 Å². The zero-order valence-electron chi connectivity index (χ0n) is 14.1. The third-order valence-corrected chi connectivity index (χ3v) is 4.10. The fourth-order valence-electron chi connectivity index (χ4n) is 2.75. The molecule has 0 aliphatic carbocycles. The summed E-state index contributed by atoms with van der Waals surface area (Å²) >= 11 is 0. The Hall–Kier alpha value is -2.60. The lowest BCUT2D eigenvalue weighted by molar-refractivity contribution is 0.0904. The minimum Gasteiger partial charge on any atom is -0.382 e. The van der Waals surface area contributed by atoms with Gasteiger partial charge in [0.25, 0.3) is 0 Å². The lowest BCUT2D eigenvalue weighted by Crippen LogP contribution is -2.27. The maximum atomic E-state index is 13.7. The average Bonchev–Trinajstić information content (AvgIpc) is 2.61. The van der Waals surface area contributed by atoms with Gasteiger partial charge in [0.1, 0.15) is 5.82 Å². The average molecular weight is 343 g/mol. The first kappa shape index (κ1) is 17.2. The zero-order chi connectivity index (χ0) is 17.6. The Kier molecular flexibility index (Phi) is 5.50. The molecule has 0 saturated carbocycles. The van der Waals surface area contributed by atoms with E-state index in [1.165, 1.54) is 6.07 Å². The number of nitrogens with one attached hydrogen (secondary N) is 3. The second-order valence-corrected chi connectivity index (χ2v) is 6.17. The molecular formula is C19H22FN3O2. The SMILES string of the molecule is Cc1ccc(F)c(NC(=O)Nc2ccc(NC3CCOCC3)cc2)c1. The summed E-state index contributed by atoms with van der Waals surface area (Å²) in [5, 5.41) is 8.69. The van der Waals surface area contributed by atoms with E-state index >= 15 is 0 Å². The molecule has 2 aromatic rings.